The summed E-state index contributed by atoms with van der Waals surface area (Å²) in [5.74, 6) is -1.26. The van der Waals surface area contributed by atoms with E-state index in [0.717, 1.165) is 12.8 Å². The molecule has 0 aliphatic rings. The Hall–Kier alpha value is -0.770. The van der Waals surface area contributed by atoms with Gasteiger partial charge in [-0.15, -0.1) is 12.4 Å². The lowest BCUT2D eigenvalue weighted by atomic mass is 10.4. The molecule has 0 saturated carbocycles. The second-order valence-corrected chi connectivity index (χ2v) is 1.90. The number of halogens is 1. The maximum atomic E-state index is 10.4. The van der Waals surface area contributed by atoms with E-state index < -0.39 is 11.8 Å². The lowest BCUT2D eigenvalue weighted by molar-refractivity contribution is -0.135. The normalized spacial score (nSPS) is 8.09. The Balaban J connectivity index is 0. The van der Waals surface area contributed by atoms with E-state index in [1.165, 1.54) is 0 Å². The Morgan fingerprint density at radius 2 is 2.18 bits per heavy atom. The van der Waals surface area contributed by atoms with E-state index in [0.29, 0.717) is 6.61 Å². The van der Waals surface area contributed by atoms with Crippen LogP contribution in [0.2, 0.25) is 0 Å². The van der Waals surface area contributed by atoms with Gasteiger partial charge in [-0.05, 0) is 6.42 Å². The van der Waals surface area contributed by atoms with Gasteiger partial charge in [0, 0.05) is 0 Å². The van der Waals surface area contributed by atoms with E-state index in [4.69, 9.17) is 11.1 Å². The van der Waals surface area contributed by atoms with E-state index in [2.05, 4.69) is 4.74 Å². The van der Waals surface area contributed by atoms with Crippen LogP contribution in [0.3, 0.4) is 0 Å². The summed E-state index contributed by atoms with van der Waals surface area (Å²) < 4.78 is 4.56. The average molecular weight is 181 g/mol. The lowest BCUT2D eigenvalue weighted by Gasteiger charge is -1.99. The molecule has 66 valence electrons. The highest BCUT2D eigenvalue weighted by Crippen LogP contribution is 1.87. The maximum absolute atomic E-state index is 10.4. The van der Waals surface area contributed by atoms with Crippen molar-refractivity contribution in [1.82, 2.24) is 0 Å². The van der Waals surface area contributed by atoms with Crippen LogP contribution in [-0.2, 0) is 9.53 Å². The number of hydrogen-bond donors (Lipinski definition) is 2. The topological polar surface area (TPSA) is 76.2 Å². The molecule has 11 heavy (non-hydrogen) atoms. The van der Waals surface area contributed by atoms with Crippen molar-refractivity contribution in [2.75, 3.05) is 6.61 Å². The minimum Gasteiger partial charge on any atom is -0.460 e. The molecule has 0 saturated heterocycles. The van der Waals surface area contributed by atoms with Gasteiger partial charge in [-0.2, -0.15) is 0 Å². The minimum absolute atomic E-state index is 0. The van der Waals surface area contributed by atoms with Crippen molar-refractivity contribution < 1.29 is 9.53 Å². The Kier molecular flexibility index (Phi) is 8.58. The number of hydrogen-bond acceptors (Lipinski definition) is 3. The number of amidine groups is 1. The van der Waals surface area contributed by atoms with Crippen LogP contribution in [0.4, 0.5) is 0 Å². The lowest BCUT2D eigenvalue weighted by Crippen LogP contribution is -2.24. The van der Waals surface area contributed by atoms with Crippen molar-refractivity contribution in [1.29, 1.82) is 5.41 Å². The van der Waals surface area contributed by atoms with Crippen LogP contribution in [0.15, 0.2) is 0 Å². The van der Waals surface area contributed by atoms with Crippen LogP contribution in [0.1, 0.15) is 19.8 Å². The van der Waals surface area contributed by atoms with Crippen molar-refractivity contribution >= 4 is 24.2 Å². The molecular weight excluding hydrogens is 168 g/mol. The van der Waals surface area contributed by atoms with E-state index in [-0.39, 0.29) is 12.4 Å². The SMILES string of the molecule is CCCCOC(=O)C(=N)N.Cl. The van der Waals surface area contributed by atoms with Gasteiger partial charge < -0.3 is 10.5 Å². The first-order valence-electron chi connectivity index (χ1n) is 3.19. The molecule has 0 spiro atoms. The first-order chi connectivity index (χ1) is 4.68. The van der Waals surface area contributed by atoms with Crippen LogP contribution in [0.25, 0.3) is 0 Å². The first kappa shape index (κ1) is 12.9. The van der Waals surface area contributed by atoms with E-state index >= 15 is 0 Å². The number of carbonyl (C=O) groups is 1. The summed E-state index contributed by atoms with van der Waals surface area (Å²) in [7, 11) is 0. The number of esters is 1. The second kappa shape index (κ2) is 7.34. The smallest absolute Gasteiger partial charge is 0.373 e. The van der Waals surface area contributed by atoms with Gasteiger partial charge in [-0.1, -0.05) is 13.3 Å². The molecule has 5 heteroatoms. The van der Waals surface area contributed by atoms with Crippen LogP contribution in [0.5, 0.6) is 0 Å². The van der Waals surface area contributed by atoms with Crippen molar-refractivity contribution in [3.05, 3.63) is 0 Å². The monoisotopic (exact) mass is 180 g/mol. The first-order valence-corrected chi connectivity index (χ1v) is 3.19. The van der Waals surface area contributed by atoms with Crippen LogP contribution in [0, 0.1) is 5.41 Å². The highest BCUT2D eigenvalue weighted by Gasteiger charge is 2.03. The van der Waals surface area contributed by atoms with Gasteiger partial charge in [-0.25, -0.2) is 4.79 Å². The zero-order valence-corrected chi connectivity index (χ0v) is 7.24. The van der Waals surface area contributed by atoms with E-state index in [1.807, 2.05) is 6.92 Å². The number of rotatable bonds is 3. The number of nitrogens with one attached hydrogen (secondary N) is 1. The zero-order chi connectivity index (χ0) is 7.98. The Morgan fingerprint density at radius 3 is 2.55 bits per heavy atom. The molecule has 0 rings (SSSR count). The molecule has 0 bridgehead atoms. The van der Waals surface area contributed by atoms with Crippen LogP contribution in [-0.4, -0.2) is 18.4 Å². The fourth-order valence-corrected chi connectivity index (χ4v) is 0.387. The fourth-order valence-electron chi connectivity index (χ4n) is 0.387. The van der Waals surface area contributed by atoms with Crippen molar-refractivity contribution in [2.24, 2.45) is 5.73 Å². The van der Waals surface area contributed by atoms with Crippen LogP contribution < -0.4 is 5.73 Å². The summed E-state index contributed by atoms with van der Waals surface area (Å²) in [6.45, 7) is 2.34. The summed E-state index contributed by atoms with van der Waals surface area (Å²) in [5, 5.41) is 6.64. The second-order valence-electron chi connectivity index (χ2n) is 1.90. The average Bonchev–Trinajstić information content (AvgIpc) is 1.88. The Morgan fingerprint density at radius 1 is 1.64 bits per heavy atom. The van der Waals surface area contributed by atoms with E-state index in [1.54, 1.807) is 0 Å². The maximum Gasteiger partial charge on any atom is 0.373 e. The summed E-state index contributed by atoms with van der Waals surface area (Å²) in [6.07, 6.45) is 1.78. The summed E-state index contributed by atoms with van der Waals surface area (Å²) in [4.78, 5) is 10.4. The Bertz CT molecular complexity index is 139. The summed E-state index contributed by atoms with van der Waals surface area (Å²) >= 11 is 0. The quantitative estimate of drug-likeness (QED) is 0.290. The molecule has 4 nitrogen and oxygen atoms in total. The molecule has 0 aromatic heterocycles. The predicted molar refractivity (Wildman–Crippen MR) is 45.0 cm³/mol. The molecule has 0 heterocycles. The number of unbranched alkanes of at least 4 members (excludes halogenated alkanes) is 1. The highest BCUT2D eigenvalue weighted by atomic mass is 35.5. The summed E-state index contributed by atoms with van der Waals surface area (Å²) in [6, 6.07) is 0. The minimum atomic E-state index is -0.728. The molecule has 0 radical (unpaired) electrons. The molecule has 0 aliphatic carbocycles. The molecule has 0 aromatic carbocycles. The number of ether oxygens (including phenoxy) is 1. The molecule has 0 fully saturated rings. The van der Waals surface area contributed by atoms with Gasteiger partial charge in [-0.3, -0.25) is 5.41 Å². The largest absolute Gasteiger partial charge is 0.460 e. The van der Waals surface area contributed by atoms with Gasteiger partial charge >= 0.3 is 5.97 Å². The Labute approximate surface area is 72.0 Å². The van der Waals surface area contributed by atoms with Gasteiger partial charge in [0.2, 0.25) is 5.84 Å². The van der Waals surface area contributed by atoms with Gasteiger partial charge in [0.25, 0.3) is 0 Å². The third kappa shape index (κ3) is 7.12. The van der Waals surface area contributed by atoms with Crippen molar-refractivity contribution in [3.8, 4) is 0 Å². The highest BCUT2D eigenvalue weighted by molar-refractivity contribution is 6.33. The molecule has 3 N–H and O–H groups in total. The van der Waals surface area contributed by atoms with Gasteiger partial charge in [0.15, 0.2) is 0 Å². The molecule has 0 aromatic rings. The van der Waals surface area contributed by atoms with Crippen molar-refractivity contribution in [2.45, 2.75) is 19.8 Å². The van der Waals surface area contributed by atoms with Gasteiger partial charge in [0.1, 0.15) is 0 Å². The molecule has 0 amide bonds. The molecule has 0 atom stereocenters. The predicted octanol–water partition coefficient (Wildman–Crippen LogP) is 0.687. The number of carbonyl (C=O) groups excluding carboxylic acids is 1. The van der Waals surface area contributed by atoms with E-state index in [9.17, 15) is 4.79 Å². The molecule has 0 unspecified atom stereocenters. The standard InChI is InChI=1S/C6H12N2O2.ClH/c1-2-3-4-10-6(9)5(7)8;/h2-4H2,1H3,(H3,7,8);1H. The zero-order valence-electron chi connectivity index (χ0n) is 6.42. The molecule has 0 aliphatic heterocycles. The molecular formula is C6H13ClN2O2. The summed E-state index contributed by atoms with van der Waals surface area (Å²) in [5.41, 5.74) is 4.83. The van der Waals surface area contributed by atoms with Gasteiger partial charge in [0.05, 0.1) is 6.61 Å². The van der Waals surface area contributed by atoms with Crippen LogP contribution >= 0.6 is 12.4 Å². The van der Waals surface area contributed by atoms with Crippen molar-refractivity contribution in [3.63, 3.8) is 0 Å². The number of nitrogens with two attached hydrogens (primary N) is 1. The third-order valence-electron chi connectivity index (χ3n) is 0.951. The fraction of sp³-hybridized carbons (Fsp3) is 0.667. The third-order valence-corrected chi connectivity index (χ3v) is 0.951.